The number of alkyl halides is 1. The molecule has 0 spiro atoms. The van der Waals surface area contributed by atoms with Crippen molar-refractivity contribution in [1.29, 1.82) is 0 Å². The van der Waals surface area contributed by atoms with Crippen molar-refractivity contribution in [3.05, 3.63) is 34.6 Å². The van der Waals surface area contributed by atoms with Crippen molar-refractivity contribution in [3.8, 4) is 0 Å². The van der Waals surface area contributed by atoms with Crippen LogP contribution in [0.5, 0.6) is 0 Å². The van der Waals surface area contributed by atoms with Crippen molar-refractivity contribution in [3.63, 3.8) is 0 Å². The standard InChI is InChI=1S/C13H16BrFO2/c1-8-5-10(15)6-9(2)12(8)13(14)11-7-16-3-4-17-11/h5-6,11,13H,3-4,7H2,1-2H3. The molecule has 1 aromatic rings. The van der Waals surface area contributed by atoms with E-state index in [-0.39, 0.29) is 16.7 Å². The second-order valence-corrected chi connectivity index (χ2v) is 5.33. The Morgan fingerprint density at radius 3 is 2.47 bits per heavy atom. The molecular weight excluding hydrogens is 287 g/mol. The van der Waals surface area contributed by atoms with Crippen LogP contribution in [0.25, 0.3) is 0 Å². The van der Waals surface area contributed by atoms with Crippen LogP contribution in [0, 0.1) is 19.7 Å². The second kappa shape index (κ2) is 5.46. The zero-order valence-electron chi connectivity index (χ0n) is 10.0. The molecule has 0 amide bonds. The smallest absolute Gasteiger partial charge is 0.123 e. The van der Waals surface area contributed by atoms with Gasteiger partial charge >= 0.3 is 0 Å². The monoisotopic (exact) mass is 302 g/mol. The van der Waals surface area contributed by atoms with Crippen molar-refractivity contribution in [2.75, 3.05) is 19.8 Å². The Balaban J connectivity index is 2.26. The van der Waals surface area contributed by atoms with Crippen LogP contribution < -0.4 is 0 Å². The molecule has 0 N–H and O–H groups in total. The van der Waals surface area contributed by atoms with Gasteiger partial charge in [-0.1, -0.05) is 15.9 Å². The Morgan fingerprint density at radius 2 is 1.94 bits per heavy atom. The third-order valence-electron chi connectivity index (χ3n) is 3.00. The van der Waals surface area contributed by atoms with Crippen LogP contribution in [0.15, 0.2) is 12.1 Å². The number of halogens is 2. The fraction of sp³-hybridized carbons (Fsp3) is 0.538. The highest BCUT2D eigenvalue weighted by Crippen LogP contribution is 2.34. The summed E-state index contributed by atoms with van der Waals surface area (Å²) in [5, 5.41) is 0. The molecule has 2 rings (SSSR count). The van der Waals surface area contributed by atoms with Crippen molar-refractivity contribution >= 4 is 15.9 Å². The number of hydrogen-bond acceptors (Lipinski definition) is 2. The van der Waals surface area contributed by atoms with Crippen molar-refractivity contribution in [2.45, 2.75) is 24.8 Å². The molecule has 1 aromatic carbocycles. The van der Waals surface area contributed by atoms with Gasteiger partial charge in [0.05, 0.1) is 30.8 Å². The molecule has 1 aliphatic heterocycles. The van der Waals surface area contributed by atoms with E-state index in [9.17, 15) is 4.39 Å². The summed E-state index contributed by atoms with van der Waals surface area (Å²) in [7, 11) is 0. The molecule has 0 saturated carbocycles. The largest absolute Gasteiger partial charge is 0.376 e. The molecule has 2 atom stereocenters. The average molecular weight is 303 g/mol. The van der Waals surface area contributed by atoms with Gasteiger partial charge in [-0.25, -0.2) is 4.39 Å². The first-order valence-corrected chi connectivity index (χ1v) is 6.61. The fourth-order valence-corrected chi connectivity index (χ4v) is 3.25. The normalized spacial score (nSPS) is 22.5. The molecule has 17 heavy (non-hydrogen) atoms. The van der Waals surface area contributed by atoms with Crippen molar-refractivity contribution in [2.24, 2.45) is 0 Å². The van der Waals surface area contributed by atoms with E-state index in [1.165, 1.54) is 0 Å². The molecule has 2 nitrogen and oxygen atoms in total. The van der Waals surface area contributed by atoms with Crippen LogP contribution in [-0.4, -0.2) is 25.9 Å². The van der Waals surface area contributed by atoms with E-state index in [1.54, 1.807) is 12.1 Å². The number of benzene rings is 1. The molecule has 1 fully saturated rings. The predicted molar refractivity (Wildman–Crippen MR) is 68.1 cm³/mol. The van der Waals surface area contributed by atoms with E-state index < -0.39 is 0 Å². The van der Waals surface area contributed by atoms with Crippen LogP contribution in [0.3, 0.4) is 0 Å². The first kappa shape index (κ1) is 13.0. The van der Waals surface area contributed by atoms with Gasteiger partial charge in [-0.2, -0.15) is 0 Å². The third-order valence-corrected chi connectivity index (χ3v) is 4.05. The maximum absolute atomic E-state index is 13.2. The first-order chi connectivity index (χ1) is 8.09. The predicted octanol–water partition coefficient (Wildman–Crippen LogP) is 3.29. The van der Waals surface area contributed by atoms with Crippen LogP contribution in [0.2, 0.25) is 0 Å². The number of rotatable bonds is 2. The minimum absolute atomic E-state index is 0.00777. The summed E-state index contributed by atoms with van der Waals surface area (Å²) < 4.78 is 24.3. The summed E-state index contributed by atoms with van der Waals surface area (Å²) in [6, 6.07) is 3.11. The summed E-state index contributed by atoms with van der Waals surface area (Å²) in [6.45, 7) is 5.68. The highest BCUT2D eigenvalue weighted by atomic mass is 79.9. The lowest BCUT2D eigenvalue weighted by Gasteiger charge is -2.29. The van der Waals surface area contributed by atoms with E-state index in [2.05, 4.69) is 15.9 Å². The van der Waals surface area contributed by atoms with Gasteiger partial charge in [0.1, 0.15) is 5.82 Å². The maximum Gasteiger partial charge on any atom is 0.123 e. The molecule has 2 unspecified atom stereocenters. The molecule has 0 bridgehead atoms. The second-order valence-electron chi connectivity index (χ2n) is 4.34. The van der Waals surface area contributed by atoms with E-state index in [0.717, 1.165) is 16.7 Å². The van der Waals surface area contributed by atoms with Crippen molar-refractivity contribution in [1.82, 2.24) is 0 Å². The summed E-state index contributed by atoms with van der Waals surface area (Å²) in [4.78, 5) is 0.0448. The lowest BCUT2D eigenvalue weighted by Crippen LogP contribution is -2.32. The van der Waals surface area contributed by atoms with Gasteiger partial charge in [-0.15, -0.1) is 0 Å². The molecule has 1 saturated heterocycles. The molecule has 1 aliphatic rings. The van der Waals surface area contributed by atoms with Gasteiger partial charge in [-0.3, -0.25) is 0 Å². The van der Waals surface area contributed by atoms with Crippen LogP contribution in [0.4, 0.5) is 4.39 Å². The third kappa shape index (κ3) is 2.87. The van der Waals surface area contributed by atoms with Gasteiger partial charge in [0, 0.05) is 0 Å². The average Bonchev–Trinajstić information content (AvgIpc) is 2.28. The minimum atomic E-state index is -0.190. The lowest BCUT2D eigenvalue weighted by atomic mass is 9.97. The van der Waals surface area contributed by atoms with E-state index in [4.69, 9.17) is 9.47 Å². The van der Waals surface area contributed by atoms with E-state index in [1.807, 2.05) is 13.8 Å². The molecule has 94 valence electrons. The van der Waals surface area contributed by atoms with Gasteiger partial charge in [0.25, 0.3) is 0 Å². The molecule has 1 heterocycles. The lowest BCUT2D eigenvalue weighted by molar-refractivity contribution is -0.0877. The Kier molecular flexibility index (Phi) is 4.17. The molecule has 0 aromatic heterocycles. The Labute approximate surface area is 109 Å². The van der Waals surface area contributed by atoms with Gasteiger partial charge < -0.3 is 9.47 Å². The molecule has 0 radical (unpaired) electrons. The highest BCUT2D eigenvalue weighted by Gasteiger charge is 2.26. The topological polar surface area (TPSA) is 18.5 Å². The summed E-state index contributed by atoms with van der Waals surface area (Å²) in [5.74, 6) is -0.190. The Morgan fingerprint density at radius 1 is 1.29 bits per heavy atom. The summed E-state index contributed by atoms with van der Waals surface area (Å²) in [5.41, 5.74) is 2.99. The fourth-order valence-electron chi connectivity index (χ4n) is 2.22. The SMILES string of the molecule is Cc1cc(F)cc(C)c1C(Br)C1COCCO1. The minimum Gasteiger partial charge on any atom is -0.376 e. The maximum atomic E-state index is 13.2. The summed E-state index contributed by atoms with van der Waals surface area (Å²) in [6.07, 6.45) is -0.00777. The van der Waals surface area contributed by atoms with E-state index >= 15 is 0 Å². The number of aryl methyl sites for hydroxylation is 2. The van der Waals surface area contributed by atoms with Gasteiger partial charge in [0.2, 0.25) is 0 Å². The van der Waals surface area contributed by atoms with Gasteiger partial charge in [0.15, 0.2) is 0 Å². The van der Waals surface area contributed by atoms with E-state index in [0.29, 0.717) is 19.8 Å². The zero-order chi connectivity index (χ0) is 12.4. The number of hydrogen-bond donors (Lipinski definition) is 0. The number of ether oxygens (including phenoxy) is 2. The Bertz CT molecular complexity index is 379. The molecular formula is C13H16BrFO2. The quantitative estimate of drug-likeness (QED) is 0.781. The van der Waals surface area contributed by atoms with Crippen molar-refractivity contribution < 1.29 is 13.9 Å². The molecule has 0 aliphatic carbocycles. The first-order valence-electron chi connectivity index (χ1n) is 5.69. The van der Waals surface area contributed by atoms with Crippen LogP contribution >= 0.6 is 15.9 Å². The highest BCUT2D eigenvalue weighted by molar-refractivity contribution is 9.09. The Hall–Kier alpha value is -0.450. The van der Waals surface area contributed by atoms with Gasteiger partial charge in [-0.05, 0) is 42.7 Å². The van der Waals surface area contributed by atoms with Crippen LogP contribution in [0.1, 0.15) is 21.5 Å². The summed E-state index contributed by atoms with van der Waals surface area (Å²) >= 11 is 3.65. The van der Waals surface area contributed by atoms with Crippen LogP contribution in [-0.2, 0) is 9.47 Å². The molecule has 4 heteroatoms. The zero-order valence-corrected chi connectivity index (χ0v) is 11.6.